The normalized spacial score (nSPS) is 10.5. The summed E-state index contributed by atoms with van der Waals surface area (Å²) < 4.78 is 5.18. The van der Waals surface area contributed by atoms with Crippen molar-refractivity contribution in [2.45, 2.75) is 20.5 Å². The van der Waals surface area contributed by atoms with E-state index in [4.69, 9.17) is 10.00 Å². The molecule has 0 saturated heterocycles. The molecular formula is C17H13N3O3S. The molecule has 0 atom stereocenters. The van der Waals surface area contributed by atoms with Gasteiger partial charge in [-0.25, -0.2) is 9.78 Å². The number of rotatable bonds is 3. The summed E-state index contributed by atoms with van der Waals surface area (Å²) in [6, 6.07) is 8.19. The van der Waals surface area contributed by atoms with Crippen LogP contribution in [0.15, 0.2) is 29.1 Å². The fourth-order valence-corrected chi connectivity index (χ4v) is 3.35. The number of carbonyl (C=O) groups excluding carboxylic acids is 1. The van der Waals surface area contributed by atoms with Crippen molar-refractivity contribution in [3.63, 3.8) is 0 Å². The van der Waals surface area contributed by atoms with Gasteiger partial charge in [-0.05, 0) is 37.6 Å². The summed E-state index contributed by atoms with van der Waals surface area (Å²) >= 11 is 1.44. The van der Waals surface area contributed by atoms with Crippen molar-refractivity contribution >= 4 is 27.5 Å². The van der Waals surface area contributed by atoms with Crippen molar-refractivity contribution in [2.24, 2.45) is 0 Å². The molecule has 6 nitrogen and oxygen atoms in total. The van der Waals surface area contributed by atoms with E-state index in [1.165, 1.54) is 17.4 Å². The monoisotopic (exact) mass is 339 g/mol. The fraction of sp³-hybridized carbons (Fsp3) is 0.176. The highest BCUT2D eigenvalue weighted by Gasteiger charge is 2.13. The fourth-order valence-electron chi connectivity index (χ4n) is 2.30. The van der Waals surface area contributed by atoms with Crippen LogP contribution in [-0.2, 0) is 11.3 Å². The lowest BCUT2D eigenvalue weighted by Crippen LogP contribution is -2.14. The molecule has 0 spiro atoms. The molecule has 0 fully saturated rings. The Balaban J connectivity index is 1.82. The number of fused-ring (bicyclic) bond motifs is 1. The smallest absolute Gasteiger partial charge is 0.338 e. The third-order valence-corrected chi connectivity index (χ3v) is 4.76. The third-order valence-electron chi connectivity index (χ3n) is 3.66. The third kappa shape index (κ3) is 2.92. The average molecular weight is 339 g/mol. The van der Waals surface area contributed by atoms with Gasteiger partial charge in [-0.3, -0.25) is 4.79 Å². The molecule has 120 valence electrons. The molecule has 0 aliphatic heterocycles. The molecule has 3 rings (SSSR count). The van der Waals surface area contributed by atoms with Gasteiger partial charge >= 0.3 is 5.97 Å². The Morgan fingerprint density at radius 3 is 2.96 bits per heavy atom. The van der Waals surface area contributed by atoms with Crippen LogP contribution < -0.4 is 5.56 Å². The predicted molar refractivity (Wildman–Crippen MR) is 90.0 cm³/mol. The Hall–Kier alpha value is -2.98. The van der Waals surface area contributed by atoms with Crippen LogP contribution in [0.4, 0.5) is 0 Å². The van der Waals surface area contributed by atoms with Crippen LogP contribution in [0.3, 0.4) is 0 Å². The molecule has 1 N–H and O–H groups in total. The van der Waals surface area contributed by atoms with Gasteiger partial charge in [0.05, 0.1) is 22.6 Å². The lowest BCUT2D eigenvalue weighted by Gasteiger charge is -2.05. The molecule has 0 bridgehead atoms. The Morgan fingerprint density at radius 2 is 2.21 bits per heavy atom. The first-order valence-electron chi connectivity index (χ1n) is 7.16. The maximum atomic E-state index is 12.2. The van der Waals surface area contributed by atoms with E-state index in [-0.39, 0.29) is 17.7 Å². The summed E-state index contributed by atoms with van der Waals surface area (Å²) in [5.41, 5.74) is 1.34. The average Bonchev–Trinajstić information content (AvgIpc) is 2.87. The van der Waals surface area contributed by atoms with E-state index in [9.17, 15) is 9.59 Å². The number of benzene rings is 1. The molecule has 0 radical (unpaired) electrons. The number of thiophene rings is 1. The highest BCUT2D eigenvalue weighted by molar-refractivity contribution is 7.18. The molecule has 7 heteroatoms. The van der Waals surface area contributed by atoms with E-state index in [2.05, 4.69) is 9.97 Å². The molecule has 0 saturated carbocycles. The summed E-state index contributed by atoms with van der Waals surface area (Å²) in [5, 5.41) is 9.43. The number of ether oxygens (including phenoxy) is 1. The van der Waals surface area contributed by atoms with Crippen molar-refractivity contribution in [2.75, 3.05) is 0 Å². The summed E-state index contributed by atoms with van der Waals surface area (Å²) in [5.74, 6) is -0.285. The number of aromatic amines is 1. The lowest BCUT2D eigenvalue weighted by atomic mass is 10.1. The number of nitrogens with one attached hydrogen (secondary N) is 1. The van der Waals surface area contributed by atoms with Gasteiger partial charge in [0, 0.05) is 4.88 Å². The molecule has 0 aliphatic carbocycles. The van der Waals surface area contributed by atoms with Crippen LogP contribution in [0.5, 0.6) is 0 Å². The number of carbonyl (C=O) groups is 1. The van der Waals surface area contributed by atoms with Gasteiger partial charge < -0.3 is 9.72 Å². The SMILES string of the molecule is Cc1sc2nc(COC(=O)c3cccc(C#N)c3)[nH]c(=O)c2c1C. The predicted octanol–water partition coefficient (Wildman–Crippen LogP) is 2.83. The van der Waals surface area contributed by atoms with Crippen molar-refractivity contribution in [1.82, 2.24) is 9.97 Å². The van der Waals surface area contributed by atoms with E-state index in [0.29, 0.717) is 21.6 Å². The molecule has 3 aromatic rings. The Kier molecular flexibility index (Phi) is 4.15. The number of nitriles is 1. The van der Waals surface area contributed by atoms with Gasteiger partial charge in [0.15, 0.2) is 0 Å². The zero-order valence-corrected chi connectivity index (χ0v) is 13.9. The second-order valence-electron chi connectivity index (χ2n) is 5.24. The van der Waals surface area contributed by atoms with E-state index in [1.807, 2.05) is 19.9 Å². The molecule has 2 aromatic heterocycles. The summed E-state index contributed by atoms with van der Waals surface area (Å²) in [4.78, 5) is 32.9. The van der Waals surface area contributed by atoms with Gasteiger partial charge in [0.2, 0.25) is 0 Å². The maximum Gasteiger partial charge on any atom is 0.338 e. The highest BCUT2D eigenvalue weighted by Crippen LogP contribution is 2.25. The van der Waals surface area contributed by atoms with Gasteiger partial charge in [0.25, 0.3) is 5.56 Å². The highest BCUT2D eigenvalue weighted by atomic mass is 32.1. The van der Waals surface area contributed by atoms with Crippen molar-refractivity contribution in [3.05, 3.63) is 62.0 Å². The molecule has 0 unspecified atom stereocenters. The zero-order chi connectivity index (χ0) is 17.3. The van der Waals surface area contributed by atoms with Crippen LogP contribution in [0.1, 0.15) is 32.2 Å². The van der Waals surface area contributed by atoms with Crippen LogP contribution in [0.2, 0.25) is 0 Å². The Bertz CT molecular complexity index is 1040. The molecule has 2 heterocycles. The van der Waals surface area contributed by atoms with Gasteiger partial charge in [-0.2, -0.15) is 5.26 Å². The van der Waals surface area contributed by atoms with E-state index < -0.39 is 5.97 Å². The standard InChI is InChI=1S/C17H13N3O3S/c1-9-10(2)24-16-14(9)15(21)19-13(20-16)8-23-17(22)12-5-3-4-11(6-12)7-18/h3-6H,8H2,1-2H3,(H,19,20,21). The topological polar surface area (TPSA) is 95.8 Å². The maximum absolute atomic E-state index is 12.2. The number of hydrogen-bond acceptors (Lipinski definition) is 6. The Morgan fingerprint density at radius 1 is 1.42 bits per heavy atom. The van der Waals surface area contributed by atoms with E-state index >= 15 is 0 Å². The molecule has 1 aromatic carbocycles. The number of H-pyrrole nitrogens is 1. The quantitative estimate of drug-likeness (QED) is 0.740. The second kappa shape index (κ2) is 6.26. The second-order valence-corrected chi connectivity index (χ2v) is 6.45. The summed E-state index contributed by atoms with van der Waals surface area (Å²) in [6.07, 6.45) is 0. The summed E-state index contributed by atoms with van der Waals surface area (Å²) in [6.45, 7) is 3.67. The molecule has 0 amide bonds. The van der Waals surface area contributed by atoms with Gasteiger partial charge in [0.1, 0.15) is 17.3 Å². The van der Waals surface area contributed by atoms with Gasteiger partial charge in [-0.15, -0.1) is 11.3 Å². The van der Waals surface area contributed by atoms with Gasteiger partial charge in [-0.1, -0.05) is 6.07 Å². The van der Waals surface area contributed by atoms with Crippen LogP contribution in [-0.4, -0.2) is 15.9 Å². The number of esters is 1. The first-order chi connectivity index (χ1) is 11.5. The molecule has 0 aliphatic rings. The number of aryl methyl sites for hydroxylation is 2. The van der Waals surface area contributed by atoms with Crippen molar-refractivity contribution < 1.29 is 9.53 Å². The van der Waals surface area contributed by atoms with Crippen molar-refractivity contribution in [1.29, 1.82) is 5.26 Å². The first-order valence-corrected chi connectivity index (χ1v) is 7.97. The van der Waals surface area contributed by atoms with Crippen LogP contribution >= 0.6 is 11.3 Å². The molecular weight excluding hydrogens is 326 g/mol. The van der Waals surface area contributed by atoms with Crippen LogP contribution in [0.25, 0.3) is 10.2 Å². The first kappa shape index (κ1) is 15.9. The van der Waals surface area contributed by atoms with Crippen molar-refractivity contribution in [3.8, 4) is 6.07 Å². The minimum atomic E-state index is -0.576. The minimum absolute atomic E-state index is 0.142. The van der Waals surface area contributed by atoms with E-state index in [1.54, 1.807) is 18.2 Å². The minimum Gasteiger partial charge on any atom is -0.454 e. The Labute approximate surface area is 141 Å². The van der Waals surface area contributed by atoms with E-state index in [0.717, 1.165) is 10.4 Å². The summed E-state index contributed by atoms with van der Waals surface area (Å²) in [7, 11) is 0. The zero-order valence-electron chi connectivity index (χ0n) is 13.0. The number of nitrogens with zero attached hydrogens (tertiary/aromatic N) is 2. The lowest BCUT2D eigenvalue weighted by molar-refractivity contribution is 0.0462. The molecule has 24 heavy (non-hydrogen) atoms. The largest absolute Gasteiger partial charge is 0.454 e. The number of aromatic nitrogens is 2. The van der Waals surface area contributed by atoms with Crippen LogP contribution in [0, 0.1) is 25.2 Å². The number of hydrogen-bond donors (Lipinski definition) is 1.